The molecule has 4 aromatic rings. The van der Waals surface area contributed by atoms with Gasteiger partial charge in [-0.25, -0.2) is 4.39 Å². The lowest BCUT2D eigenvalue weighted by Gasteiger charge is -2.23. The predicted molar refractivity (Wildman–Crippen MR) is 162 cm³/mol. The fourth-order valence-corrected chi connectivity index (χ4v) is 6.39. The highest BCUT2D eigenvalue weighted by atomic mass is 32.2. The Bertz CT molecular complexity index is 1660. The smallest absolute Gasteiger partial charge is 0.301 e. The summed E-state index contributed by atoms with van der Waals surface area (Å²) in [6.07, 6.45) is 0. The summed E-state index contributed by atoms with van der Waals surface area (Å²) in [4.78, 5) is 28.4. The largest absolute Gasteiger partial charge is 0.507 e. The van der Waals surface area contributed by atoms with Crippen molar-refractivity contribution in [2.75, 3.05) is 25.2 Å². The molecule has 0 spiro atoms. The van der Waals surface area contributed by atoms with Gasteiger partial charge in [0.1, 0.15) is 17.3 Å². The molecule has 1 saturated heterocycles. The number of anilines is 1. The Hall–Kier alpha value is -4.42. The third-order valence-corrected chi connectivity index (χ3v) is 8.70. The van der Waals surface area contributed by atoms with E-state index in [4.69, 9.17) is 14.2 Å². The van der Waals surface area contributed by atoms with Gasteiger partial charge in [0.15, 0.2) is 15.8 Å². The van der Waals surface area contributed by atoms with Crippen LogP contribution in [-0.2, 0) is 15.3 Å². The van der Waals surface area contributed by atoms with Crippen molar-refractivity contribution in [1.82, 2.24) is 10.2 Å². The number of hydrogen-bond donors (Lipinski definition) is 1. The van der Waals surface area contributed by atoms with Crippen molar-refractivity contribution < 1.29 is 33.3 Å². The molecule has 1 unspecified atom stereocenters. The minimum Gasteiger partial charge on any atom is -0.507 e. The van der Waals surface area contributed by atoms with Crippen LogP contribution in [0.25, 0.3) is 5.76 Å². The van der Waals surface area contributed by atoms with Crippen molar-refractivity contribution in [2.45, 2.75) is 30.0 Å². The predicted octanol–water partition coefficient (Wildman–Crippen LogP) is 6.40. The number of carbonyl (C=O) groups is 2. The van der Waals surface area contributed by atoms with Gasteiger partial charge in [-0.3, -0.25) is 14.5 Å². The number of aliphatic hydroxyl groups is 1. The summed E-state index contributed by atoms with van der Waals surface area (Å²) in [5, 5.41) is 20.1. The van der Waals surface area contributed by atoms with Gasteiger partial charge in [-0.2, -0.15) is 0 Å². The first-order valence-electron chi connectivity index (χ1n) is 13.4. The lowest BCUT2D eigenvalue weighted by atomic mass is 9.95. The molecule has 1 atom stereocenters. The highest BCUT2D eigenvalue weighted by molar-refractivity contribution is 8.00. The zero-order valence-corrected chi connectivity index (χ0v) is 25.2. The Morgan fingerprint density at radius 1 is 0.977 bits per heavy atom. The number of aromatic nitrogens is 2. The first kappa shape index (κ1) is 30.1. The number of benzene rings is 3. The molecule has 0 bridgehead atoms. The summed E-state index contributed by atoms with van der Waals surface area (Å²) < 4.78 is 30.6. The monoisotopic (exact) mass is 621 g/mol. The van der Waals surface area contributed by atoms with E-state index in [2.05, 4.69) is 10.2 Å². The second-order valence-electron chi connectivity index (χ2n) is 9.24. The number of carbonyl (C=O) groups excluding carboxylic acids is 2. The molecule has 1 amide bonds. The highest BCUT2D eigenvalue weighted by Crippen LogP contribution is 2.45. The van der Waals surface area contributed by atoms with E-state index < -0.39 is 17.7 Å². The molecule has 2 heterocycles. The van der Waals surface area contributed by atoms with E-state index in [-0.39, 0.29) is 22.3 Å². The number of rotatable bonds is 11. The second-order valence-corrected chi connectivity index (χ2v) is 11.4. The minimum atomic E-state index is -1.03. The SMILES string of the molecule is CCOc1ccc(C2C(=C(O)c3ccc(OC)cc3)C(=O)C(=O)N2c2nnc(SCc3ccc(F)cc3)s2)cc1OCC. The number of aliphatic hydroxyl groups excluding tert-OH is 1. The maximum absolute atomic E-state index is 13.6. The van der Waals surface area contributed by atoms with E-state index >= 15 is 0 Å². The molecule has 0 saturated carbocycles. The van der Waals surface area contributed by atoms with Crippen molar-refractivity contribution >= 4 is 45.7 Å². The van der Waals surface area contributed by atoms with Crippen molar-refractivity contribution in [3.8, 4) is 17.2 Å². The maximum atomic E-state index is 13.6. The Morgan fingerprint density at radius 3 is 2.35 bits per heavy atom. The number of thioether (sulfide) groups is 1. The van der Waals surface area contributed by atoms with Gasteiger partial charge in [0.05, 0.1) is 31.9 Å². The number of ketones is 1. The van der Waals surface area contributed by atoms with Gasteiger partial charge >= 0.3 is 5.91 Å². The fourth-order valence-electron chi connectivity index (χ4n) is 4.57. The van der Waals surface area contributed by atoms with Crippen LogP contribution in [-0.4, -0.2) is 47.3 Å². The molecule has 1 aromatic heterocycles. The zero-order valence-electron chi connectivity index (χ0n) is 23.6. The van der Waals surface area contributed by atoms with Crippen LogP contribution in [0.1, 0.15) is 36.6 Å². The molecule has 1 aliphatic rings. The van der Waals surface area contributed by atoms with Gasteiger partial charge in [0.2, 0.25) is 5.13 Å². The van der Waals surface area contributed by atoms with Crippen molar-refractivity contribution in [3.05, 3.63) is 94.8 Å². The van der Waals surface area contributed by atoms with Crippen LogP contribution in [0.5, 0.6) is 17.2 Å². The van der Waals surface area contributed by atoms with Gasteiger partial charge in [-0.1, -0.05) is 41.3 Å². The summed E-state index contributed by atoms with van der Waals surface area (Å²) in [6, 6.07) is 16.8. The number of nitrogens with zero attached hydrogens (tertiary/aromatic N) is 3. The third-order valence-electron chi connectivity index (χ3n) is 6.57. The van der Waals surface area contributed by atoms with E-state index in [0.29, 0.717) is 51.7 Å². The third kappa shape index (κ3) is 6.35. The van der Waals surface area contributed by atoms with Crippen LogP contribution in [0.15, 0.2) is 76.6 Å². The van der Waals surface area contributed by atoms with Crippen LogP contribution < -0.4 is 19.1 Å². The normalized spacial score (nSPS) is 16.0. The van der Waals surface area contributed by atoms with E-state index in [1.807, 2.05) is 13.8 Å². The quantitative estimate of drug-likeness (QED) is 0.0668. The van der Waals surface area contributed by atoms with E-state index in [0.717, 1.165) is 16.9 Å². The molecule has 5 rings (SSSR count). The number of Topliss-reactive ketones (excluding diaryl/α,β-unsaturated/α-hetero) is 1. The summed E-state index contributed by atoms with van der Waals surface area (Å²) in [5.41, 5.74) is 1.64. The molecule has 3 aromatic carbocycles. The number of ether oxygens (including phenoxy) is 3. The van der Waals surface area contributed by atoms with E-state index in [1.54, 1.807) is 54.6 Å². The van der Waals surface area contributed by atoms with Crippen LogP contribution >= 0.6 is 23.1 Å². The molecule has 222 valence electrons. The van der Waals surface area contributed by atoms with Crippen LogP contribution in [0.3, 0.4) is 0 Å². The van der Waals surface area contributed by atoms with Crippen LogP contribution in [0.4, 0.5) is 9.52 Å². The highest BCUT2D eigenvalue weighted by Gasteiger charge is 2.48. The average Bonchev–Trinajstić information content (AvgIpc) is 3.59. The molecule has 1 fully saturated rings. The maximum Gasteiger partial charge on any atom is 0.301 e. The van der Waals surface area contributed by atoms with Gasteiger partial charge < -0.3 is 19.3 Å². The number of hydrogen-bond acceptors (Lipinski definition) is 10. The van der Waals surface area contributed by atoms with E-state index in [9.17, 15) is 19.1 Å². The Kier molecular flexibility index (Phi) is 9.27. The topological polar surface area (TPSA) is 111 Å². The van der Waals surface area contributed by atoms with Gasteiger partial charge in [0, 0.05) is 11.3 Å². The Balaban J connectivity index is 1.57. The van der Waals surface area contributed by atoms with Crippen molar-refractivity contribution in [3.63, 3.8) is 0 Å². The number of halogens is 1. The summed E-state index contributed by atoms with van der Waals surface area (Å²) >= 11 is 2.51. The summed E-state index contributed by atoms with van der Waals surface area (Å²) in [7, 11) is 1.52. The van der Waals surface area contributed by atoms with Crippen LogP contribution in [0, 0.1) is 5.82 Å². The van der Waals surface area contributed by atoms with Gasteiger partial charge in [-0.05, 0) is 73.5 Å². The van der Waals surface area contributed by atoms with Crippen molar-refractivity contribution in [2.24, 2.45) is 0 Å². The molecule has 1 N–H and O–H groups in total. The minimum absolute atomic E-state index is 0.0995. The number of amides is 1. The molecule has 9 nitrogen and oxygen atoms in total. The molecule has 43 heavy (non-hydrogen) atoms. The summed E-state index contributed by atoms with van der Waals surface area (Å²) in [5.74, 6) is -0.347. The molecular formula is C31H28FN3O6S2. The van der Waals surface area contributed by atoms with Gasteiger partial charge in [-0.15, -0.1) is 10.2 Å². The van der Waals surface area contributed by atoms with Gasteiger partial charge in [0.25, 0.3) is 5.78 Å². The fraction of sp³-hybridized carbons (Fsp3) is 0.226. The standard InChI is InChI=1S/C31H28FN3O6S2/c1-4-40-23-15-10-20(16-24(23)41-5-2)26-25(27(36)19-8-13-22(39-3)14-9-19)28(37)29(38)35(26)30-33-34-31(43-30)42-17-18-6-11-21(32)12-7-18/h6-16,26,36H,4-5,17H2,1-3H3. The molecule has 1 aliphatic heterocycles. The van der Waals surface area contributed by atoms with Crippen LogP contribution in [0.2, 0.25) is 0 Å². The molecular weight excluding hydrogens is 593 g/mol. The number of methoxy groups -OCH3 is 1. The Labute approximate surface area is 255 Å². The van der Waals surface area contributed by atoms with E-state index in [1.165, 1.54) is 35.9 Å². The molecule has 0 radical (unpaired) electrons. The lowest BCUT2D eigenvalue weighted by Crippen LogP contribution is -2.29. The first-order valence-corrected chi connectivity index (χ1v) is 15.2. The average molecular weight is 622 g/mol. The molecule has 12 heteroatoms. The zero-order chi connectivity index (χ0) is 30.5. The Morgan fingerprint density at radius 2 is 1.67 bits per heavy atom. The first-order chi connectivity index (χ1) is 20.8. The second kappa shape index (κ2) is 13.3. The van der Waals surface area contributed by atoms with Crippen molar-refractivity contribution in [1.29, 1.82) is 0 Å². The lowest BCUT2D eigenvalue weighted by molar-refractivity contribution is -0.132. The molecule has 0 aliphatic carbocycles. The summed E-state index contributed by atoms with van der Waals surface area (Å²) in [6.45, 7) is 4.47.